The van der Waals surface area contributed by atoms with Gasteiger partial charge in [0.1, 0.15) is 24.1 Å². The summed E-state index contributed by atoms with van der Waals surface area (Å²) in [4.78, 5) is 40.0. The number of hydrogen-bond donors (Lipinski definition) is 7. The maximum absolute atomic E-state index is 13.7. The molecule has 0 aromatic heterocycles. The van der Waals surface area contributed by atoms with E-state index in [4.69, 9.17) is 0 Å². The minimum Gasteiger partial charge on any atom is -0.508 e. The highest BCUT2D eigenvalue weighted by atomic mass is 16.3. The third-order valence-electron chi connectivity index (χ3n) is 7.03. The van der Waals surface area contributed by atoms with E-state index in [1.807, 2.05) is 44.2 Å². The van der Waals surface area contributed by atoms with E-state index in [1.54, 1.807) is 26.0 Å². The van der Waals surface area contributed by atoms with Crippen LogP contribution in [-0.4, -0.2) is 63.3 Å². The highest BCUT2D eigenvalue weighted by Crippen LogP contribution is 2.23. The Kier molecular flexibility index (Phi) is 10.4. The van der Waals surface area contributed by atoms with Gasteiger partial charge < -0.3 is 31.3 Å². The van der Waals surface area contributed by atoms with Crippen molar-refractivity contribution in [1.82, 2.24) is 21.3 Å². The number of benzene rings is 2. The van der Waals surface area contributed by atoms with Crippen LogP contribution in [0.3, 0.4) is 0 Å². The van der Waals surface area contributed by atoms with Gasteiger partial charge in [-0.15, -0.1) is 0 Å². The van der Waals surface area contributed by atoms with Crippen molar-refractivity contribution in [3.63, 3.8) is 0 Å². The Morgan fingerprint density at radius 3 is 2.15 bits per heavy atom. The lowest BCUT2D eigenvalue weighted by Gasteiger charge is -2.35. The molecule has 2 aromatic rings. The Morgan fingerprint density at radius 1 is 0.872 bits per heavy atom. The standard InChI is InChI=1S/C29H40N4O6/c1-16(2)14-22-28(38)30-18(4)24(33-27(37)20-12-8-9-13-23(20)34)29(39)31-21(15-19-10-6-5-7-11-19)25(35)17(3)26(36)32-22/h5-13,16-18,21-22,24-25,27,33-35,37H,14-15H2,1-4H3,(H,30,38)(H,31,39)(H,32,36). The summed E-state index contributed by atoms with van der Waals surface area (Å²) in [5, 5.41) is 43.6. The summed E-state index contributed by atoms with van der Waals surface area (Å²) in [6, 6.07) is 11.7. The molecule has 39 heavy (non-hydrogen) atoms. The predicted octanol–water partition coefficient (Wildman–Crippen LogP) is 1.12. The van der Waals surface area contributed by atoms with Gasteiger partial charge in [0.15, 0.2) is 0 Å². The van der Waals surface area contributed by atoms with E-state index in [0.29, 0.717) is 6.42 Å². The molecule has 10 nitrogen and oxygen atoms in total. The van der Waals surface area contributed by atoms with Crippen LogP contribution in [0, 0.1) is 11.8 Å². The van der Waals surface area contributed by atoms with E-state index in [1.165, 1.54) is 12.1 Å². The van der Waals surface area contributed by atoms with Crippen molar-refractivity contribution in [3.8, 4) is 5.75 Å². The maximum Gasteiger partial charge on any atom is 0.242 e. The molecule has 7 N–H and O–H groups in total. The summed E-state index contributed by atoms with van der Waals surface area (Å²) in [6.07, 6.45) is -2.10. The molecule has 1 fully saturated rings. The molecule has 212 valence electrons. The molecular formula is C29H40N4O6. The third-order valence-corrected chi connectivity index (χ3v) is 7.03. The van der Waals surface area contributed by atoms with Crippen molar-refractivity contribution in [2.75, 3.05) is 0 Å². The van der Waals surface area contributed by atoms with Gasteiger partial charge in [0.25, 0.3) is 0 Å². The molecule has 0 aliphatic carbocycles. The van der Waals surface area contributed by atoms with Crippen LogP contribution in [0.1, 0.15) is 51.5 Å². The lowest BCUT2D eigenvalue weighted by Crippen LogP contribution is -2.63. The van der Waals surface area contributed by atoms with E-state index in [2.05, 4.69) is 21.3 Å². The molecule has 0 radical (unpaired) electrons. The first kappa shape index (κ1) is 30.1. The van der Waals surface area contributed by atoms with Crippen LogP contribution in [-0.2, 0) is 20.8 Å². The summed E-state index contributed by atoms with van der Waals surface area (Å²) in [5.41, 5.74) is 1.01. The molecule has 0 bridgehead atoms. The van der Waals surface area contributed by atoms with Crippen LogP contribution in [0.4, 0.5) is 0 Å². The number of carbonyl (C=O) groups is 3. The van der Waals surface area contributed by atoms with Crippen LogP contribution in [0.15, 0.2) is 54.6 Å². The zero-order valence-electron chi connectivity index (χ0n) is 22.8. The molecule has 2 aromatic carbocycles. The van der Waals surface area contributed by atoms with Gasteiger partial charge in [0.05, 0.1) is 24.1 Å². The Labute approximate surface area is 229 Å². The smallest absolute Gasteiger partial charge is 0.242 e. The normalized spacial score (nSPS) is 27.5. The molecular weight excluding hydrogens is 500 g/mol. The van der Waals surface area contributed by atoms with Crippen LogP contribution in [0.25, 0.3) is 0 Å². The van der Waals surface area contributed by atoms with Gasteiger partial charge in [-0.3, -0.25) is 19.7 Å². The second-order valence-electron chi connectivity index (χ2n) is 10.7. The number of phenols is 1. The van der Waals surface area contributed by atoms with Gasteiger partial charge in [0, 0.05) is 5.56 Å². The van der Waals surface area contributed by atoms with Crippen LogP contribution in [0.5, 0.6) is 5.75 Å². The topological polar surface area (TPSA) is 160 Å². The fourth-order valence-electron chi connectivity index (χ4n) is 4.74. The van der Waals surface area contributed by atoms with Gasteiger partial charge in [-0.25, -0.2) is 0 Å². The summed E-state index contributed by atoms with van der Waals surface area (Å²) >= 11 is 0. The number of amides is 3. The molecule has 0 spiro atoms. The molecule has 0 saturated carbocycles. The number of hydrogen-bond acceptors (Lipinski definition) is 7. The average molecular weight is 541 g/mol. The Morgan fingerprint density at radius 2 is 1.51 bits per heavy atom. The SMILES string of the molecule is CC(C)CC1NC(=O)C(C)C(O)C(Cc2ccccc2)NC(=O)C(NC(O)c2ccccc2O)C(C)NC1=O. The number of phenolic OH excluding ortho intramolecular Hbond substituents is 1. The highest BCUT2D eigenvalue weighted by molar-refractivity contribution is 5.90. The molecule has 10 heteroatoms. The molecule has 1 aliphatic rings. The Balaban J connectivity index is 1.98. The van der Waals surface area contributed by atoms with E-state index >= 15 is 0 Å². The molecule has 7 unspecified atom stereocenters. The maximum atomic E-state index is 13.7. The third kappa shape index (κ3) is 8.01. The van der Waals surface area contributed by atoms with Crippen molar-refractivity contribution in [2.45, 2.75) is 77.0 Å². The minimum atomic E-state index is -1.43. The molecule has 7 atom stereocenters. The molecule has 1 heterocycles. The van der Waals surface area contributed by atoms with Crippen molar-refractivity contribution in [1.29, 1.82) is 0 Å². The summed E-state index contributed by atoms with van der Waals surface area (Å²) < 4.78 is 0. The van der Waals surface area contributed by atoms with E-state index in [-0.39, 0.29) is 23.7 Å². The zero-order valence-corrected chi connectivity index (χ0v) is 22.8. The first-order valence-corrected chi connectivity index (χ1v) is 13.3. The van der Waals surface area contributed by atoms with E-state index in [9.17, 15) is 29.7 Å². The zero-order chi connectivity index (χ0) is 28.7. The Bertz CT molecular complexity index is 1130. The van der Waals surface area contributed by atoms with E-state index in [0.717, 1.165) is 5.56 Å². The summed E-state index contributed by atoms with van der Waals surface area (Å²) in [7, 11) is 0. The highest BCUT2D eigenvalue weighted by Gasteiger charge is 2.38. The largest absolute Gasteiger partial charge is 0.508 e. The lowest BCUT2D eigenvalue weighted by molar-refractivity contribution is -0.136. The van der Waals surface area contributed by atoms with Crippen LogP contribution in [0.2, 0.25) is 0 Å². The van der Waals surface area contributed by atoms with Crippen molar-refractivity contribution < 1.29 is 29.7 Å². The fraction of sp³-hybridized carbons (Fsp3) is 0.483. The Hall–Kier alpha value is -3.47. The number of rotatable bonds is 7. The average Bonchev–Trinajstić information content (AvgIpc) is 2.89. The van der Waals surface area contributed by atoms with Gasteiger partial charge in [0.2, 0.25) is 17.7 Å². The van der Waals surface area contributed by atoms with E-state index < -0.39 is 60.1 Å². The molecule has 3 amide bonds. The van der Waals surface area contributed by atoms with Crippen LogP contribution < -0.4 is 21.3 Å². The second kappa shape index (κ2) is 13.5. The minimum absolute atomic E-state index is 0.0791. The first-order valence-electron chi connectivity index (χ1n) is 13.3. The lowest BCUT2D eigenvalue weighted by atomic mass is 9.90. The van der Waals surface area contributed by atoms with Crippen LogP contribution >= 0.6 is 0 Å². The molecule has 1 saturated heterocycles. The van der Waals surface area contributed by atoms with Gasteiger partial charge >= 0.3 is 0 Å². The summed E-state index contributed by atoms with van der Waals surface area (Å²) in [6.45, 7) is 7.01. The predicted molar refractivity (Wildman–Crippen MR) is 146 cm³/mol. The first-order chi connectivity index (χ1) is 18.5. The quantitative estimate of drug-likeness (QED) is 0.259. The molecule has 3 rings (SSSR count). The number of aliphatic hydroxyl groups is 2. The van der Waals surface area contributed by atoms with Crippen molar-refractivity contribution >= 4 is 17.7 Å². The monoisotopic (exact) mass is 540 g/mol. The number of carbonyl (C=O) groups excluding carboxylic acids is 3. The van der Waals surface area contributed by atoms with Gasteiger partial charge in [-0.2, -0.15) is 0 Å². The molecule has 1 aliphatic heterocycles. The second-order valence-corrected chi connectivity index (χ2v) is 10.7. The fourth-order valence-corrected chi connectivity index (χ4v) is 4.74. The summed E-state index contributed by atoms with van der Waals surface area (Å²) in [5.74, 6) is -2.58. The number of aliphatic hydroxyl groups excluding tert-OH is 2. The van der Waals surface area contributed by atoms with Gasteiger partial charge in [-0.05, 0) is 37.3 Å². The van der Waals surface area contributed by atoms with Crippen molar-refractivity contribution in [3.05, 3.63) is 65.7 Å². The number of aromatic hydroxyl groups is 1. The number of para-hydroxylation sites is 1. The number of nitrogens with one attached hydrogen (secondary N) is 4. The van der Waals surface area contributed by atoms with Gasteiger partial charge in [-0.1, -0.05) is 69.3 Å². The van der Waals surface area contributed by atoms with Crippen molar-refractivity contribution in [2.24, 2.45) is 11.8 Å².